The van der Waals surface area contributed by atoms with E-state index in [9.17, 15) is 4.79 Å². The van der Waals surface area contributed by atoms with Crippen molar-refractivity contribution in [1.82, 2.24) is 15.5 Å². The molecule has 0 aromatic heterocycles. The Kier molecular flexibility index (Phi) is 7.30. The van der Waals surface area contributed by atoms with Gasteiger partial charge in [0.15, 0.2) is 0 Å². The number of amides is 1. The van der Waals surface area contributed by atoms with Crippen LogP contribution in [0.25, 0.3) is 0 Å². The van der Waals surface area contributed by atoms with E-state index in [0.717, 1.165) is 36.3 Å². The van der Waals surface area contributed by atoms with Gasteiger partial charge in [0.05, 0.1) is 11.6 Å². The summed E-state index contributed by atoms with van der Waals surface area (Å²) in [7, 11) is 0. The van der Waals surface area contributed by atoms with Crippen LogP contribution in [-0.2, 0) is 17.9 Å². The molecular formula is C23H28N6O. The number of anilines is 1. The fraction of sp³-hybridized carbons (Fsp3) is 0.304. The summed E-state index contributed by atoms with van der Waals surface area (Å²) in [4.78, 5) is 14.7. The molecular weight excluding hydrogens is 376 g/mol. The fourth-order valence-electron chi connectivity index (χ4n) is 3.48. The zero-order valence-electron chi connectivity index (χ0n) is 17.0. The topological polar surface area (TPSA) is 120 Å². The Hall–Kier alpha value is -3.50. The number of nitrogen functional groups attached to an aromatic ring is 1. The molecule has 3 rings (SSSR count). The Balaban J connectivity index is 1.69. The predicted octanol–water partition coefficient (Wildman–Crippen LogP) is 1.81. The number of carbonyl (C=O) groups is 1. The predicted molar refractivity (Wildman–Crippen MR) is 118 cm³/mol. The number of hydrogen-bond donors (Lipinski definition) is 4. The molecule has 0 unspecified atom stereocenters. The van der Waals surface area contributed by atoms with Crippen molar-refractivity contribution in [3.05, 3.63) is 77.1 Å². The van der Waals surface area contributed by atoms with E-state index in [1.54, 1.807) is 18.2 Å². The molecule has 30 heavy (non-hydrogen) atoms. The minimum atomic E-state index is -0.208. The minimum Gasteiger partial charge on any atom is -0.398 e. The van der Waals surface area contributed by atoms with Crippen LogP contribution in [-0.4, -0.2) is 29.9 Å². The van der Waals surface area contributed by atoms with Gasteiger partial charge in [-0.3, -0.25) is 4.79 Å². The minimum absolute atomic E-state index is 0.0857. The van der Waals surface area contributed by atoms with Crippen LogP contribution < -0.4 is 22.1 Å². The summed E-state index contributed by atoms with van der Waals surface area (Å²) < 4.78 is 0. The van der Waals surface area contributed by atoms with Crippen LogP contribution >= 0.6 is 0 Å². The van der Waals surface area contributed by atoms with Crippen LogP contribution in [0.2, 0.25) is 0 Å². The first kappa shape index (κ1) is 21.2. The van der Waals surface area contributed by atoms with Crippen molar-refractivity contribution in [2.45, 2.75) is 32.0 Å². The van der Waals surface area contributed by atoms with Crippen molar-refractivity contribution >= 4 is 11.6 Å². The molecule has 1 atom stereocenters. The third kappa shape index (κ3) is 6.00. The van der Waals surface area contributed by atoms with Crippen LogP contribution in [0.1, 0.15) is 29.5 Å². The Morgan fingerprint density at radius 3 is 2.80 bits per heavy atom. The first-order chi connectivity index (χ1) is 14.5. The number of nitrogens with two attached hydrogens (primary N) is 2. The van der Waals surface area contributed by atoms with Crippen molar-refractivity contribution in [2.75, 3.05) is 18.8 Å². The Bertz CT molecular complexity index is 949. The molecule has 156 valence electrons. The Morgan fingerprint density at radius 2 is 2.03 bits per heavy atom. The standard InChI is InChI=1S/C23H28N6O/c24-13-17-5-3-6-18(11-17)14-28-23(30)12-22(29-10-4-8-20(25)16-29)27-15-19-7-1-2-9-21(19)26/h1-3,5-7,9,11-12,20,27H,4,8,10,14-16,25-26H2,(H,28,30)/b22-12+/t20-/m1/s1. The highest BCUT2D eigenvalue weighted by Crippen LogP contribution is 2.15. The summed E-state index contributed by atoms with van der Waals surface area (Å²) in [6, 6.07) is 17.0. The van der Waals surface area contributed by atoms with E-state index < -0.39 is 0 Å². The van der Waals surface area contributed by atoms with Crippen LogP contribution in [0, 0.1) is 11.3 Å². The van der Waals surface area contributed by atoms with Crippen LogP contribution in [0.15, 0.2) is 60.4 Å². The van der Waals surface area contributed by atoms with E-state index in [1.807, 2.05) is 36.4 Å². The molecule has 7 nitrogen and oxygen atoms in total. The summed E-state index contributed by atoms with van der Waals surface area (Å²) >= 11 is 0. The van der Waals surface area contributed by atoms with E-state index in [2.05, 4.69) is 21.6 Å². The van der Waals surface area contributed by atoms with E-state index >= 15 is 0 Å². The number of nitrogens with one attached hydrogen (secondary N) is 2. The molecule has 0 saturated carbocycles. The number of likely N-dealkylation sites (tertiary alicyclic amines) is 1. The molecule has 6 N–H and O–H groups in total. The van der Waals surface area contributed by atoms with Gasteiger partial charge < -0.3 is 27.0 Å². The molecule has 1 fully saturated rings. The second-order valence-corrected chi connectivity index (χ2v) is 7.46. The lowest BCUT2D eigenvalue weighted by Gasteiger charge is -2.34. The van der Waals surface area contributed by atoms with Gasteiger partial charge in [-0.1, -0.05) is 30.3 Å². The van der Waals surface area contributed by atoms with Crippen molar-refractivity contribution in [3.63, 3.8) is 0 Å². The molecule has 2 aromatic rings. The van der Waals surface area contributed by atoms with E-state index in [-0.39, 0.29) is 11.9 Å². The van der Waals surface area contributed by atoms with Crippen molar-refractivity contribution in [2.24, 2.45) is 5.73 Å². The first-order valence-electron chi connectivity index (χ1n) is 10.1. The normalized spacial score (nSPS) is 16.6. The quantitative estimate of drug-likeness (QED) is 0.413. The number of carbonyl (C=O) groups excluding carboxylic acids is 1. The van der Waals surface area contributed by atoms with Gasteiger partial charge in [-0.2, -0.15) is 5.26 Å². The zero-order chi connectivity index (χ0) is 21.3. The smallest absolute Gasteiger partial charge is 0.247 e. The number of benzene rings is 2. The van der Waals surface area contributed by atoms with Gasteiger partial charge in [-0.15, -0.1) is 0 Å². The molecule has 7 heteroatoms. The van der Waals surface area contributed by atoms with Crippen LogP contribution in [0.5, 0.6) is 0 Å². The number of rotatable bonds is 7. The highest BCUT2D eigenvalue weighted by atomic mass is 16.1. The lowest BCUT2D eigenvalue weighted by Crippen LogP contribution is -2.45. The fourth-order valence-corrected chi connectivity index (χ4v) is 3.48. The summed E-state index contributed by atoms with van der Waals surface area (Å²) in [6.45, 7) is 2.40. The first-order valence-corrected chi connectivity index (χ1v) is 10.1. The summed E-state index contributed by atoms with van der Waals surface area (Å²) in [5.74, 6) is 0.525. The summed E-state index contributed by atoms with van der Waals surface area (Å²) in [6.07, 6.45) is 3.54. The number of para-hydroxylation sites is 1. The number of hydrogen-bond acceptors (Lipinski definition) is 6. The Morgan fingerprint density at radius 1 is 1.20 bits per heavy atom. The molecule has 1 heterocycles. The van der Waals surface area contributed by atoms with E-state index in [1.165, 1.54) is 0 Å². The molecule has 0 aliphatic carbocycles. The van der Waals surface area contributed by atoms with E-state index in [4.69, 9.17) is 16.7 Å². The highest BCUT2D eigenvalue weighted by molar-refractivity contribution is 5.88. The molecule has 1 amide bonds. The Labute approximate surface area is 177 Å². The second-order valence-electron chi connectivity index (χ2n) is 7.46. The third-order valence-corrected chi connectivity index (χ3v) is 5.10. The number of nitrogens with zero attached hydrogens (tertiary/aromatic N) is 2. The monoisotopic (exact) mass is 404 g/mol. The van der Waals surface area contributed by atoms with Gasteiger partial charge in [-0.25, -0.2) is 0 Å². The molecule has 0 radical (unpaired) electrons. The second kappa shape index (κ2) is 10.3. The van der Waals surface area contributed by atoms with Crippen LogP contribution in [0.3, 0.4) is 0 Å². The van der Waals surface area contributed by atoms with Crippen molar-refractivity contribution < 1.29 is 4.79 Å². The maximum atomic E-state index is 12.6. The number of nitriles is 1. The van der Waals surface area contributed by atoms with Gasteiger partial charge in [0.25, 0.3) is 0 Å². The largest absolute Gasteiger partial charge is 0.398 e. The molecule has 1 aliphatic rings. The maximum absolute atomic E-state index is 12.6. The number of piperidine rings is 1. The SMILES string of the molecule is N#Cc1cccc(CNC(=O)/C=C(\NCc2ccccc2N)N2CCC[C@@H](N)C2)c1. The van der Waals surface area contributed by atoms with Gasteiger partial charge in [0.1, 0.15) is 5.82 Å². The molecule has 2 aromatic carbocycles. The average Bonchev–Trinajstić information content (AvgIpc) is 2.76. The van der Waals surface area contributed by atoms with Crippen molar-refractivity contribution in [1.29, 1.82) is 5.26 Å². The van der Waals surface area contributed by atoms with E-state index in [0.29, 0.717) is 30.9 Å². The average molecular weight is 405 g/mol. The van der Waals surface area contributed by atoms with Crippen molar-refractivity contribution in [3.8, 4) is 6.07 Å². The van der Waals surface area contributed by atoms with Gasteiger partial charge in [0, 0.05) is 44.0 Å². The molecule has 0 bridgehead atoms. The van der Waals surface area contributed by atoms with Gasteiger partial charge in [-0.05, 0) is 42.2 Å². The molecule has 1 aliphatic heterocycles. The summed E-state index contributed by atoms with van der Waals surface area (Å²) in [5, 5.41) is 15.3. The maximum Gasteiger partial charge on any atom is 0.247 e. The van der Waals surface area contributed by atoms with Gasteiger partial charge in [0.2, 0.25) is 5.91 Å². The molecule has 1 saturated heterocycles. The third-order valence-electron chi connectivity index (χ3n) is 5.10. The zero-order valence-corrected chi connectivity index (χ0v) is 17.0. The lowest BCUT2D eigenvalue weighted by atomic mass is 10.1. The lowest BCUT2D eigenvalue weighted by molar-refractivity contribution is -0.116. The van der Waals surface area contributed by atoms with Gasteiger partial charge >= 0.3 is 0 Å². The summed E-state index contributed by atoms with van der Waals surface area (Å²) in [5.41, 5.74) is 15.3. The highest BCUT2D eigenvalue weighted by Gasteiger charge is 2.19. The van der Waals surface area contributed by atoms with Crippen LogP contribution in [0.4, 0.5) is 5.69 Å². The molecule has 0 spiro atoms.